The van der Waals surface area contributed by atoms with Crippen molar-refractivity contribution in [3.63, 3.8) is 0 Å². The van der Waals surface area contributed by atoms with Crippen molar-refractivity contribution in [1.29, 1.82) is 5.26 Å². The molecule has 0 saturated carbocycles. The molecule has 0 radical (unpaired) electrons. The maximum Gasteiger partial charge on any atom is 0.317 e. The standard InChI is InChI=1S/C20H22N2O3/c1-15(22(2)13-20(23)24)11-16-7-9-19(10-8-16)25-14-18-6-4-3-5-17(18)12-21/h3-10,15H,11,13-14H2,1-2H3,(H,23,24)/t15-/m1/s1. The maximum absolute atomic E-state index is 10.8. The van der Waals surface area contributed by atoms with E-state index < -0.39 is 5.97 Å². The zero-order chi connectivity index (χ0) is 18.2. The monoisotopic (exact) mass is 338 g/mol. The molecule has 0 amide bonds. The van der Waals surface area contributed by atoms with Crippen molar-refractivity contribution < 1.29 is 14.6 Å². The van der Waals surface area contributed by atoms with E-state index in [1.807, 2.05) is 61.3 Å². The zero-order valence-corrected chi connectivity index (χ0v) is 14.5. The number of aliphatic carboxylic acids is 1. The second-order valence-electron chi connectivity index (χ2n) is 6.06. The summed E-state index contributed by atoms with van der Waals surface area (Å²) < 4.78 is 5.76. The summed E-state index contributed by atoms with van der Waals surface area (Å²) in [5.74, 6) is -0.0845. The van der Waals surface area contributed by atoms with Gasteiger partial charge in [-0.05, 0) is 44.2 Å². The van der Waals surface area contributed by atoms with Crippen LogP contribution in [0.2, 0.25) is 0 Å². The molecule has 0 aromatic heterocycles. The Balaban J connectivity index is 1.91. The summed E-state index contributed by atoms with van der Waals surface area (Å²) in [5, 5.41) is 17.9. The van der Waals surface area contributed by atoms with Gasteiger partial charge in [-0.2, -0.15) is 5.26 Å². The first-order valence-corrected chi connectivity index (χ1v) is 8.11. The molecule has 130 valence electrons. The zero-order valence-electron chi connectivity index (χ0n) is 14.5. The summed E-state index contributed by atoms with van der Waals surface area (Å²) in [5.41, 5.74) is 2.60. The fraction of sp³-hybridized carbons (Fsp3) is 0.300. The molecule has 2 aromatic rings. The normalized spacial score (nSPS) is 11.8. The Morgan fingerprint density at radius 2 is 1.92 bits per heavy atom. The highest BCUT2D eigenvalue weighted by atomic mass is 16.5. The van der Waals surface area contributed by atoms with Crippen LogP contribution in [-0.2, 0) is 17.8 Å². The van der Waals surface area contributed by atoms with Gasteiger partial charge in [0.25, 0.3) is 0 Å². The van der Waals surface area contributed by atoms with Crippen LogP contribution in [0.4, 0.5) is 0 Å². The molecule has 0 heterocycles. The minimum absolute atomic E-state index is 0.0284. The highest BCUT2D eigenvalue weighted by molar-refractivity contribution is 5.69. The van der Waals surface area contributed by atoms with Gasteiger partial charge in [-0.25, -0.2) is 0 Å². The summed E-state index contributed by atoms with van der Waals surface area (Å²) in [6.07, 6.45) is 0.765. The number of carbonyl (C=O) groups is 1. The van der Waals surface area contributed by atoms with Gasteiger partial charge in [0.2, 0.25) is 0 Å². The van der Waals surface area contributed by atoms with Gasteiger partial charge < -0.3 is 9.84 Å². The molecule has 0 spiro atoms. The molecule has 0 aliphatic rings. The van der Waals surface area contributed by atoms with Crippen LogP contribution in [0, 0.1) is 11.3 Å². The molecule has 2 aromatic carbocycles. The Kier molecular flexibility index (Phi) is 6.55. The van der Waals surface area contributed by atoms with Gasteiger partial charge in [-0.1, -0.05) is 30.3 Å². The van der Waals surface area contributed by atoms with E-state index in [0.717, 1.165) is 23.3 Å². The van der Waals surface area contributed by atoms with Gasteiger partial charge in [0.15, 0.2) is 0 Å². The molecule has 25 heavy (non-hydrogen) atoms. The van der Waals surface area contributed by atoms with Crippen LogP contribution in [0.5, 0.6) is 5.75 Å². The molecule has 1 N–H and O–H groups in total. The molecular formula is C20H22N2O3. The van der Waals surface area contributed by atoms with Crippen LogP contribution in [0.25, 0.3) is 0 Å². The highest BCUT2D eigenvalue weighted by Gasteiger charge is 2.13. The summed E-state index contributed by atoms with van der Waals surface area (Å²) in [6, 6.07) is 17.4. The number of hydrogen-bond acceptors (Lipinski definition) is 4. The fourth-order valence-electron chi connectivity index (χ4n) is 2.50. The highest BCUT2D eigenvalue weighted by Crippen LogP contribution is 2.17. The Morgan fingerprint density at radius 3 is 2.56 bits per heavy atom. The number of hydrogen-bond donors (Lipinski definition) is 1. The number of carboxylic acids is 1. The molecular weight excluding hydrogens is 316 g/mol. The first-order chi connectivity index (χ1) is 12.0. The molecule has 5 nitrogen and oxygen atoms in total. The topological polar surface area (TPSA) is 73.6 Å². The second-order valence-corrected chi connectivity index (χ2v) is 6.06. The molecule has 1 atom stereocenters. The third-order valence-electron chi connectivity index (χ3n) is 4.12. The molecule has 0 fully saturated rings. The average molecular weight is 338 g/mol. The van der Waals surface area contributed by atoms with Crippen molar-refractivity contribution in [1.82, 2.24) is 4.90 Å². The molecule has 0 saturated heterocycles. The lowest BCUT2D eigenvalue weighted by Crippen LogP contribution is -2.35. The molecule has 0 aliphatic heterocycles. The van der Waals surface area contributed by atoms with E-state index in [0.29, 0.717) is 12.2 Å². The Bertz CT molecular complexity index is 750. The maximum atomic E-state index is 10.8. The predicted octanol–water partition coefficient (Wildman–Crippen LogP) is 3.08. The SMILES string of the molecule is C[C@H](Cc1ccc(OCc2ccccc2C#N)cc1)N(C)CC(=O)O. The second kappa shape index (κ2) is 8.86. The largest absolute Gasteiger partial charge is 0.489 e. The van der Waals surface area contributed by atoms with Crippen LogP contribution < -0.4 is 4.74 Å². The van der Waals surface area contributed by atoms with Gasteiger partial charge >= 0.3 is 5.97 Å². The van der Waals surface area contributed by atoms with Crippen LogP contribution in [0.1, 0.15) is 23.6 Å². The number of rotatable bonds is 8. The molecule has 5 heteroatoms. The van der Waals surface area contributed by atoms with E-state index in [1.54, 1.807) is 6.07 Å². The van der Waals surface area contributed by atoms with Crippen molar-refractivity contribution in [2.45, 2.75) is 26.0 Å². The Labute approximate surface area is 148 Å². The Morgan fingerprint density at radius 1 is 1.24 bits per heavy atom. The smallest absolute Gasteiger partial charge is 0.317 e. The van der Waals surface area contributed by atoms with Crippen LogP contribution in [0.15, 0.2) is 48.5 Å². The number of nitriles is 1. The number of nitrogens with zero attached hydrogens (tertiary/aromatic N) is 2. The molecule has 2 rings (SSSR count). The predicted molar refractivity (Wildman–Crippen MR) is 95.4 cm³/mol. The quantitative estimate of drug-likeness (QED) is 0.801. The first-order valence-electron chi connectivity index (χ1n) is 8.11. The van der Waals surface area contributed by atoms with Crippen molar-refractivity contribution in [2.75, 3.05) is 13.6 Å². The minimum Gasteiger partial charge on any atom is -0.489 e. The third kappa shape index (κ3) is 5.63. The van der Waals surface area contributed by atoms with E-state index >= 15 is 0 Å². The molecule has 0 unspecified atom stereocenters. The van der Waals surface area contributed by atoms with Crippen LogP contribution in [-0.4, -0.2) is 35.6 Å². The van der Waals surface area contributed by atoms with Crippen LogP contribution in [0.3, 0.4) is 0 Å². The van der Waals surface area contributed by atoms with E-state index in [1.165, 1.54) is 0 Å². The van der Waals surface area contributed by atoms with Gasteiger partial charge in [-0.3, -0.25) is 9.69 Å². The lowest BCUT2D eigenvalue weighted by atomic mass is 10.1. The number of benzene rings is 2. The Hall–Kier alpha value is -2.84. The van der Waals surface area contributed by atoms with Gasteiger partial charge in [0, 0.05) is 11.6 Å². The summed E-state index contributed by atoms with van der Waals surface area (Å²) >= 11 is 0. The van der Waals surface area contributed by atoms with Gasteiger partial charge in [-0.15, -0.1) is 0 Å². The average Bonchev–Trinajstić information content (AvgIpc) is 2.60. The van der Waals surface area contributed by atoms with Crippen molar-refractivity contribution in [3.05, 3.63) is 65.2 Å². The van der Waals surface area contributed by atoms with Crippen LogP contribution >= 0.6 is 0 Å². The summed E-state index contributed by atoms with van der Waals surface area (Å²) in [4.78, 5) is 12.6. The summed E-state index contributed by atoms with van der Waals surface area (Å²) in [7, 11) is 1.81. The first kappa shape index (κ1) is 18.5. The van der Waals surface area contributed by atoms with Crippen molar-refractivity contribution >= 4 is 5.97 Å². The summed E-state index contributed by atoms with van der Waals surface area (Å²) in [6.45, 7) is 2.38. The van der Waals surface area contributed by atoms with E-state index in [4.69, 9.17) is 15.1 Å². The van der Waals surface area contributed by atoms with E-state index in [-0.39, 0.29) is 12.6 Å². The van der Waals surface area contributed by atoms with Gasteiger partial charge in [0.1, 0.15) is 12.4 Å². The number of carboxylic acid groups (broad SMARTS) is 1. The molecule has 0 bridgehead atoms. The van der Waals surface area contributed by atoms with E-state index in [2.05, 4.69) is 6.07 Å². The van der Waals surface area contributed by atoms with Gasteiger partial charge in [0.05, 0.1) is 18.2 Å². The van der Waals surface area contributed by atoms with E-state index in [9.17, 15) is 4.79 Å². The fourth-order valence-corrected chi connectivity index (χ4v) is 2.50. The third-order valence-corrected chi connectivity index (χ3v) is 4.12. The number of likely N-dealkylation sites (N-methyl/N-ethyl adjacent to an activating group) is 1. The molecule has 0 aliphatic carbocycles. The minimum atomic E-state index is -0.823. The number of ether oxygens (including phenoxy) is 1. The lowest BCUT2D eigenvalue weighted by Gasteiger charge is -2.22. The van der Waals surface area contributed by atoms with Crippen molar-refractivity contribution in [2.24, 2.45) is 0 Å². The lowest BCUT2D eigenvalue weighted by molar-refractivity contribution is -0.138. The van der Waals surface area contributed by atoms with Crippen molar-refractivity contribution in [3.8, 4) is 11.8 Å².